The Bertz CT molecular complexity index is 548. The minimum atomic E-state index is -0.269. The Morgan fingerprint density at radius 3 is 1.08 bits per heavy atom. The van der Waals surface area contributed by atoms with Crippen LogP contribution in [-0.4, -0.2) is 11.2 Å². The molecule has 0 N–H and O–H groups in total. The van der Waals surface area contributed by atoms with E-state index in [-0.39, 0.29) is 23.4 Å². The number of rotatable bonds is 5. The van der Waals surface area contributed by atoms with E-state index in [9.17, 15) is 0 Å². The third kappa shape index (κ3) is 5.77. The third-order valence-electron chi connectivity index (χ3n) is 3.49. The second-order valence-corrected chi connectivity index (χ2v) is 8.12. The quantitative estimate of drug-likeness (QED) is 0.661. The zero-order valence-corrected chi connectivity index (χ0v) is 15.7. The highest BCUT2D eigenvalue weighted by atomic mass is 16.6. The van der Waals surface area contributed by atoms with Gasteiger partial charge in [0.25, 0.3) is 0 Å². The molecule has 0 saturated heterocycles. The molecule has 130 valence electrons. The van der Waals surface area contributed by atoms with E-state index >= 15 is 0 Å². The Labute approximate surface area is 146 Å². The van der Waals surface area contributed by atoms with Crippen LogP contribution in [0.15, 0.2) is 60.7 Å². The molecule has 0 aliphatic heterocycles. The first-order valence-corrected chi connectivity index (χ1v) is 8.61. The van der Waals surface area contributed by atoms with Gasteiger partial charge < -0.3 is 9.47 Å². The van der Waals surface area contributed by atoms with E-state index in [1.165, 1.54) is 0 Å². The largest absolute Gasteiger partial charge is 0.365 e. The van der Waals surface area contributed by atoms with Gasteiger partial charge in [-0.1, -0.05) is 60.7 Å². The van der Waals surface area contributed by atoms with Gasteiger partial charge in [-0.25, -0.2) is 0 Å². The molecule has 0 aromatic heterocycles. The summed E-state index contributed by atoms with van der Waals surface area (Å²) in [5.74, 6) is 0. The van der Waals surface area contributed by atoms with Crippen molar-refractivity contribution in [3.05, 3.63) is 71.8 Å². The van der Waals surface area contributed by atoms with Crippen LogP contribution in [0.1, 0.15) is 64.9 Å². The first kappa shape index (κ1) is 18.7. The van der Waals surface area contributed by atoms with Gasteiger partial charge in [0.1, 0.15) is 12.2 Å². The van der Waals surface area contributed by atoms with Crippen molar-refractivity contribution in [2.75, 3.05) is 0 Å². The lowest BCUT2D eigenvalue weighted by Crippen LogP contribution is -2.31. The maximum Gasteiger partial charge on any atom is 0.114 e. The van der Waals surface area contributed by atoms with Crippen LogP contribution in [0.4, 0.5) is 0 Å². The molecule has 0 bridgehead atoms. The molecular formula is C22H30O2. The van der Waals surface area contributed by atoms with Crippen molar-refractivity contribution in [1.82, 2.24) is 0 Å². The molecule has 0 amide bonds. The highest BCUT2D eigenvalue weighted by Crippen LogP contribution is 2.40. The second kappa shape index (κ2) is 7.50. The van der Waals surface area contributed by atoms with Crippen molar-refractivity contribution in [2.45, 2.75) is 65.0 Å². The van der Waals surface area contributed by atoms with E-state index in [4.69, 9.17) is 9.47 Å². The molecule has 0 saturated carbocycles. The van der Waals surface area contributed by atoms with Crippen LogP contribution in [0, 0.1) is 0 Å². The Morgan fingerprint density at radius 2 is 0.833 bits per heavy atom. The molecule has 0 spiro atoms. The monoisotopic (exact) mass is 326 g/mol. The molecule has 0 fully saturated rings. The molecule has 0 unspecified atom stereocenters. The summed E-state index contributed by atoms with van der Waals surface area (Å²) in [6.07, 6.45) is -0.347. The first-order valence-electron chi connectivity index (χ1n) is 8.61. The predicted octanol–water partition coefficient (Wildman–Crippen LogP) is 6.10. The third-order valence-corrected chi connectivity index (χ3v) is 3.49. The lowest BCUT2D eigenvalue weighted by Gasteiger charge is -2.37. The van der Waals surface area contributed by atoms with Gasteiger partial charge >= 0.3 is 0 Å². The molecule has 2 heteroatoms. The molecule has 2 aromatic rings. The summed E-state index contributed by atoms with van der Waals surface area (Å²) < 4.78 is 12.9. The SMILES string of the molecule is CC(C)(C)O[C@H](c1ccccc1)[C@H](OC(C)(C)C)c1ccccc1. The van der Waals surface area contributed by atoms with Crippen LogP contribution in [0.3, 0.4) is 0 Å². The highest BCUT2D eigenvalue weighted by Gasteiger charge is 2.33. The van der Waals surface area contributed by atoms with E-state index in [1.807, 2.05) is 36.4 Å². The molecule has 0 heterocycles. The molecule has 0 radical (unpaired) electrons. The van der Waals surface area contributed by atoms with E-state index in [2.05, 4.69) is 65.8 Å². The zero-order valence-electron chi connectivity index (χ0n) is 15.7. The summed E-state index contributed by atoms with van der Waals surface area (Å²) >= 11 is 0. The van der Waals surface area contributed by atoms with Crippen molar-refractivity contribution < 1.29 is 9.47 Å². The number of hydrogen-bond acceptors (Lipinski definition) is 2. The molecule has 2 atom stereocenters. The number of ether oxygens (including phenoxy) is 2. The zero-order chi connectivity index (χ0) is 17.8. The van der Waals surface area contributed by atoms with Crippen molar-refractivity contribution in [1.29, 1.82) is 0 Å². The van der Waals surface area contributed by atoms with Crippen molar-refractivity contribution in [3.8, 4) is 0 Å². The molecular weight excluding hydrogens is 296 g/mol. The van der Waals surface area contributed by atoms with Gasteiger partial charge in [-0.2, -0.15) is 0 Å². The standard InChI is InChI=1S/C22H30O2/c1-21(2,3)23-19(17-13-9-7-10-14-17)20(24-22(4,5)6)18-15-11-8-12-16-18/h7-16,19-20H,1-6H3/t19-,20-/m1/s1. The van der Waals surface area contributed by atoms with Crippen LogP contribution in [0.5, 0.6) is 0 Å². The van der Waals surface area contributed by atoms with Gasteiger partial charge in [-0.15, -0.1) is 0 Å². The van der Waals surface area contributed by atoms with E-state index in [0.717, 1.165) is 11.1 Å². The lowest BCUT2D eigenvalue weighted by atomic mass is 9.96. The normalized spacial score (nSPS) is 15.1. The van der Waals surface area contributed by atoms with E-state index in [1.54, 1.807) is 0 Å². The molecule has 2 rings (SSSR count). The Hall–Kier alpha value is -1.64. The smallest absolute Gasteiger partial charge is 0.114 e. The fraction of sp³-hybridized carbons (Fsp3) is 0.455. The fourth-order valence-electron chi connectivity index (χ4n) is 2.66. The maximum atomic E-state index is 6.46. The molecule has 24 heavy (non-hydrogen) atoms. The number of hydrogen-bond donors (Lipinski definition) is 0. The van der Waals surface area contributed by atoms with Gasteiger partial charge in [0, 0.05) is 0 Å². The fourth-order valence-corrected chi connectivity index (χ4v) is 2.66. The van der Waals surface area contributed by atoms with Crippen LogP contribution < -0.4 is 0 Å². The van der Waals surface area contributed by atoms with Crippen molar-refractivity contribution >= 4 is 0 Å². The minimum Gasteiger partial charge on any atom is -0.365 e. The predicted molar refractivity (Wildman–Crippen MR) is 100 cm³/mol. The Balaban J connectivity index is 2.47. The van der Waals surface area contributed by atoms with E-state index < -0.39 is 0 Å². The van der Waals surface area contributed by atoms with Crippen LogP contribution in [0.2, 0.25) is 0 Å². The molecule has 0 aliphatic carbocycles. The second-order valence-electron chi connectivity index (χ2n) is 8.12. The van der Waals surface area contributed by atoms with Gasteiger partial charge in [0.05, 0.1) is 11.2 Å². The summed E-state index contributed by atoms with van der Waals surface area (Å²) in [7, 11) is 0. The lowest BCUT2D eigenvalue weighted by molar-refractivity contribution is -0.168. The molecule has 0 aliphatic rings. The minimum absolute atomic E-state index is 0.173. The van der Waals surface area contributed by atoms with Gasteiger partial charge in [-0.3, -0.25) is 0 Å². The van der Waals surface area contributed by atoms with Gasteiger partial charge in [-0.05, 0) is 52.7 Å². The Kier molecular flexibility index (Phi) is 5.84. The number of benzene rings is 2. The molecule has 2 nitrogen and oxygen atoms in total. The van der Waals surface area contributed by atoms with Crippen LogP contribution >= 0.6 is 0 Å². The average molecular weight is 326 g/mol. The summed E-state index contributed by atoms with van der Waals surface area (Å²) in [5.41, 5.74) is 1.72. The summed E-state index contributed by atoms with van der Waals surface area (Å²) in [6, 6.07) is 20.7. The average Bonchev–Trinajstić information content (AvgIpc) is 2.50. The maximum absolute atomic E-state index is 6.46. The Morgan fingerprint density at radius 1 is 0.542 bits per heavy atom. The van der Waals surface area contributed by atoms with Crippen LogP contribution in [-0.2, 0) is 9.47 Å². The van der Waals surface area contributed by atoms with Crippen molar-refractivity contribution in [3.63, 3.8) is 0 Å². The topological polar surface area (TPSA) is 18.5 Å². The van der Waals surface area contributed by atoms with Crippen molar-refractivity contribution in [2.24, 2.45) is 0 Å². The van der Waals surface area contributed by atoms with Gasteiger partial charge in [0.2, 0.25) is 0 Å². The highest BCUT2D eigenvalue weighted by molar-refractivity contribution is 5.25. The van der Waals surface area contributed by atoms with Crippen LogP contribution in [0.25, 0.3) is 0 Å². The first-order chi connectivity index (χ1) is 11.2. The summed E-state index contributed by atoms with van der Waals surface area (Å²) in [6.45, 7) is 12.5. The summed E-state index contributed by atoms with van der Waals surface area (Å²) in [4.78, 5) is 0. The summed E-state index contributed by atoms with van der Waals surface area (Å²) in [5, 5.41) is 0. The van der Waals surface area contributed by atoms with Gasteiger partial charge in [0.15, 0.2) is 0 Å². The molecule has 2 aromatic carbocycles. The van der Waals surface area contributed by atoms with E-state index in [0.29, 0.717) is 0 Å².